The smallest absolute Gasteiger partial charge is 0.403 e. The minimum absolute atomic E-state index is 0.00285. The molecule has 6 heteroatoms. The van der Waals surface area contributed by atoms with Crippen LogP contribution in [-0.4, -0.2) is 24.7 Å². The predicted octanol–water partition coefficient (Wildman–Crippen LogP) is 5.96. The van der Waals surface area contributed by atoms with Gasteiger partial charge in [0.15, 0.2) is 0 Å². The molecule has 0 saturated carbocycles. The van der Waals surface area contributed by atoms with Gasteiger partial charge in [0.1, 0.15) is 5.75 Å². The fourth-order valence-corrected chi connectivity index (χ4v) is 3.60. The van der Waals surface area contributed by atoms with E-state index in [1.54, 1.807) is 6.07 Å². The van der Waals surface area contributed by atoms with Crippen molar-refractivity contribution in [3.05, 3.63) is 54.1 Å². The molecule has 0 radical (unpaired) electrons. The van der Waals surface area contributed by atoms with Crippen LogP contribution in [0.25, 0.3) is 11.1 Å². The molecule has 0 amide bonds. The van der Waals surface area contributed by atoms with Gasteiger partial charge in [0.25, 0.3) is 0 Å². The Morgan fingerprint density at radius 2 is 1.68 bits per heavy atom. The first-order chi connectivity index (χ1) is 13.2. The lowest BCUT2D eigenvalue weighted by molar-refractivity contribution is 0.0853. The summed E-state index contributed by atoms with van der Waals surface area (Å²) in [6, 6.07) is 15.3. The van der Waals surface area contributed by atoms with E-state index in [0.29, 0.717) is 12.4 Å². The van der Waals surface area contributed by atoms with E-state index in [0.717, 1.165) is 29.5 Å². The Balaban J connectivity index is 2.22. The molecule has 0 aliphatic rings. The molecule has 0 saturated heterocycles. The van der Waals surface area contributed by atoms with Crippen LogP contribution in [0.1, 0.15) is 46.1 Å². The summed E-state index contributed by atoms with van der Waals surface area (Å²) in [5.74, 6) is 0.330. The number of unbranched alkanes of at least 4 members (excludes halogenated alkanes) is 1. The zero-order chi connectivity index (χ0) is 20.6. The van der Waals surface area contributed by atoms with Gasteiger partial charge in [0, 0.05) is 12.2 Å². The van der Waals surface area contributed by atoms with Crippen LogP contribution in [-0.2, 0) is 19.2 Å². The first kappa shape index (κ1) is 22.6. The van der Waals surface area contributed by atoms with Crippen LogP contribution in [0.3, 0.4) is 0 Å². The summed E-state index contributed by atoms with van der Waals surface area (Å²) in [5.41, 5.74) is 2.58. The lowest BCUT2D eigenvalue weighted by atomic mass is 9.81. The van der Waals surface area contributed by atoms with Gasteiger partial charge in [-0.3, -0.25) is 9.42 Å². The minimum atomic E-state index is -4.27. The van der Waals surface area contributed by atoms with Crippen LogP contribution in [0.4, 0.5) is 0 Å². The number of benzene rings is 2. The Morgan fingerprint density at radius 3 is 2.32 bits per heavy atom. The van der Waals surface area contributed by atoms with E-state index in [9.17, 15) is 9.46 Å². The zero-order valence-corrected chi connectivity index (χ0v) is 18.1. The Bertz CT molecular complexity index is 783. The van der Waals surface area contributed by atoms with Crippen molar-refractivity contribution in [3.8, 4) is 16.9 Å². The van der Waals surface area contributed by atoms with Crippen molar-refractivity contribution in [2.75, 3.05) is 19.8 Å². The molecule has 0 heterocycles. The number of rotatable bonds is 10. The Labute approximate surface area is 168 Å². The number of phosphoric ester groups is 1. The molecule has 28 heavy (non-hydrogen) atoms. The monoisotopic (exact) mass is 406 g/mol. The Kier molecular flexibility index (Phi) is 8.26. The van der Waals surface area contributed by atoms with E-state index < -0.39 is 7.82 Å². The Morgan fingerprint density at radius 1 is 0.964 bits per heavy atom. The van der Waals surface area contributed by atoms with Gasteiger partial charge in [0.05, 0.1) is 13.2 Å². The molecule has 1 N–H and O–H groups in total. The normalized spacial score (nSPS) is 13.9. The van der Waals surface area contributed by atoms with E-state index in [-0.39, 0.29) is 18.6 Å². The van der Waals surface area contributed by atoms with Crippen molar-refractivity contribution in [2.45, 2.75) is 46.0 Å². The maximum absolute atomic E-state index is 12.5. The fraction of sp³-hybridized carbons (Fsp3) is 0.455. The third-order valence-electron chi connectivity index (χ3n) is 4.23. The number of hydrogen-bond acceptors (Lipinski definition) is 4. The van der Waals surface area contributed by atoms with Crippen LogP contribution in [0, 0.1) is 0 Å². The molecular formula is C22H31O5P. The minimum Gasteiger partial charge on any atom is -0.403 e. The van der Waals surface area contributed by atoms with Crippen molar-refractivity contribution in [3.63, 3.8) is 0 Å². The molecule has 0 aliphatic heterocycles. The summed E-state index contributed by atoms with van der Waals surface area (Å²) >= 11 is 0. The second kappa shape index (κ2) is 10.2. The topological polar surface area (TPSA) is 65.0 Å². The molecule has 154 valence electrons. The molecule has 1 unspecified atom stereocenters. The number of ether oxygens (including phenoxy) is 1. The number of phosphoric acid groups is 1. The van der Waals surface area contributed by atoms with Crippen LogP contribution in [0.5, 0.6) is 5.75 Å². The van der Waals surface area contributed by atoms with Crippen LogP contribution in [0.2, 0.25) is 0 Å². The summed E-state index contributed by atoms with van der Waals surface area (Å²) in [5, 5.41) is 0. The second-order valence-electron chi connectivity index (χ2n) is 7.65. The summed E-state index contributed by atoms with van der Waals surface area (Å²) in [6.07, 6.45) is 1.99. The van der Waals surface area contributed by atoms with Crippen molar-refractivity contribution < 1.29 is 23.2 Å². The van der Waals surface area contributed by atoms with Gasteiger partial charge in [-0.05, 0) is 29.0 Å². The highest BCUT2D eigenvalue weighted by molar-refractivity contribution is 7.47. The first-order valence-electron chi connectivity index (χ1n) is 9.68. The molecule has 2 aromatic rings. The zero-order valence-electron chi connectivity index (χ0n) is 17.2. The molecular weight excluding hydrogens is 375 g/mol. The molecule has 0 spiro atoms. The molecule has 2 aromatic carbocycles. The van der Waals surface area contributed by atoms with Gasteiger partial charge >= 0.3 is 7.82 Å². The van der Waals surface area contributed by atoms with E-state index in [2.05, 4.69) is 27.7 Å². The Hall–Kier alpha value is -1.65. The molecule has 0 fully saturated rings. The average molecular weight is 406 g/mol. The van der Waals surface area contributed by atoms with Gasteiger partial charge in [-0.25, -0.2) is 4.57 Å². The molecule has 2 rings (SSSR count). The quantitative estimate of drug-likeness (QED) is 0.389. The molecule has 0 aliphatic carbocycles. The largest absolute Gasteiger partial charge is 0.527 e. The maximum Gasteiger partial charge on any atom is 0.527 e. The van der Waals surface area contributed by atoms with Gasteiger partial charge in [-0.1, -0.05) is 76.6 Å². The highest BCUT2D eigenvalue weighted by atomic mass is 31.2. The lowest BCUT2D eigenvalue weighted by Gasteiger charge is -2.25. The standard InChI is InChI=1S/C22H31O5P/c1-5-6-15-25-16-17-26-28(23,24)27-20-14-10-13-19(22(2,3)4)21(20)18-11-8-7-9-12-18/h7-14H,5-6,15-17H2,1-4H3,(H,23,24). The molecule has 0 bridgehead atoms. The van der Waals surface area contributed by atoms with Gasteiger partial charge in [0.2, 0.25) is 0 Å². The summed E-state index contributed by atoms with van der Waals surface area (Å²) in [4.78, 5) is 10.2. The maximum atomic E-state index is 12.5. The summed E-state index contributed by atoms with van der Waals surface area (Å²) < 4.78 is 28.4. The molecule has 1 atom stereocenters. The lowest BCUT2D eigenvalue weighted by Crippen LogP contribution is -2.13. The van der Waals surface area contributed by atoms with Crippen molar-refractivity contribution in [1.82, 2.24) is 0 Å². The van der Waals surface area contributed by atoms with Crippen molar-refractivity contribution in [1.29, 1.82) is 0 Å². The summed E-state index contributed by atoms with van der Waals surface area (Å²) in [6.45, 7) is 9.23. The third kappa shape index (κ3) is 6.75. The fourth-order valence-electron chi connectivity index (χ4n) is 2.85. The van der Waals surface area contributed by atoms with Crippen LogP contribution < -0.4 is 4.52 Å². The van der Waals surface area contributed by atoms with Crippen molar-refractivity contribution in [2.24, 2.45) is 0 Å². The molecule has 5 nitrogen and oxygen atoms in total. The van der Waals surface area contributed by atoms with Crippen molar-refractivity contribution >= 4 is 7.82 Å². The summed E-state index contributed by atoms with van der Waals surface area (Å²) in [7, 11) is -4.27. The van der Waals surface area contributed by atoms with E-state index in [1.807, 2.05) is 42.5 Å². The predicted molar refractivity (Wildman–Crippen MR) is 113 cm³/mol. The second-order valence-corrected chi connectivity index (χ2v) is 9.03. The highest BCUT2D eigenvalue weighted by Gasteiger charge is 2.28. The van der Waals surface area contributed by atoms with E-state index in [4.69, 9.17) is 13.8 Å². The first-order valence-corrected chi connectivity index (χ1v) is 11.2. The van der Waals surface area contributed by atoms with Crippen LogP contribution in [0.15, 0.2) is 48.5 Å². The molecule has 0 aromatic heterocycles. The van der Waals surface area contributed by atoms with E-state index >= 15 is 0 Å². The van der Waals surface area contributed by atoms with E-state index in [1.165, 1.54) is 0 Å². The average Bonchev–Trinajstić information content (AvgIpc) is 2.64. The van der Waals surface area contributed by atoms with Gasteiger partial charge < -0.3 is 9.26 Å². The van der Waals surface area contributed by atoms with Gasteiger partial charge in [-0.15, -0.1) is 0 Å². The number of hydrogen-bond donors (Lipinski definition) is 1. The third-order valence-corrected chi connectivity index (χ3v) is 5.17. The highest BCUT2D eigenvalue weighted by Crippen LogP contribution is 2.48. The van der Waals surface area contributed by atoms with Crippen LogP contribution >= 0.6 is 7.82 Å². The SMILES string of the molecule is CCCCOCCOP(=O)(O)Oc1cccc(C(C)(C)C)c1-c1ccccc1. The van der Waals surface area contributed by atoms with Gasteiger partial charge in [-0.2, -0.15) is 0 Å².